The van der Waals surface area contributed by atoms with Gasteiger partial charge in [-0.1, -0.05) is 23.4 Å². The molecule has 3 aromatic heterocycles. The quantitative estimate of drug-likeness (QED) is 0.568. The second-order valence-corrected chi connectivity index (χ2v) is 8.99. The number of aryl methyl sites for hydroxylation is 1. The lowest BCUT2D eigenvalue weighted by atomic mass is 9.98. The minimum absolute atomic E-state index is 0. The summed E-state index contributed by atoms with van der Waals surface area (Å²) in [5, 5.41) is 1.50. The maximum Gasteiger partial charge on any atom is 0.179 e. The number of hydrogen-bond donors (Lipinski definition) is 1. The van der Waals surface area contributed by atoms with Crippen molar-refractivity contribution in [3.63, 3.8) is 0 Å². The summed E-state index contributed by atoms with van der Waals surface area (Å²) in [4.78, 5) is 21.7. The fraction of sp³-hybridized carbons (Fsp3) is 0.400. The van der Waals surface area contributed by atoms with E-state index in [4.69, 9.17) is 22.3 Å². The van der Waals surface area contributed by atoms with Crippen LogP contribution in [0.4, 0.5) is 5.82 Å². The maximum absolute atomic E-state index is 6.36. The largest absolute Gasteiger partial charge is 0.349 e. The van der Waals surface area contributed by atoms with Crippen LogP contribution in [0.3, 0.4) is 0 Å². The number of halogens is 3. The van der Waals surface area contributed by atoms with Gasteiger partial charge in [0.1, 0.15) is 16.4 Å². The van der Waals surface area contributed by atoms with Gasteiger partial charge in [0.25, 0.3) is 0 Å². The first-order valence-corrected chi connectivity index (χ1v) is 10.7. The Labute approximate surface area is 197 Å². The molecule has 2 N–H and O–H groups in total. The molecule has 0 radical (unpaired) electrons. The van der Waals surface area contributed by atoms with Crippen LogP contribution in [0.15, 0.2) is 40.5 Å². The highest BCUT2D eigenvalue weighted by Crippen LogP contribution is 2.38. The van der Waals surface area contributed by atoms with E-state index in [9.17, 15) is 0 Å². The van der Waals surface area contributed by atoms with Gasteiger partial charge in [-0.05, 0) is 50.8 Å². The molecule has 0 aliphatic carbocycles. The molecular weight excluding hydrogens is 463 g/mol. The summed E-state index contributed by atoms with van der Waals surface area (Å²) in [7, 11) is 0. The molecule has 2 bridgehead atoms. The standard InChI is InChI=1S/C20H21ClN6S.2ClH/c1-11-19(21)16(6-7-23-11)28-18-5-4-15-20(26-18)24-10-17(25-15)27-13-2-3-14(27)9-12(22)8-13;;/h4-7,10,12-14H,2-3,8-9,22H2,1H3;2*1H/t12-,13+,14-;;. The zero-order chi connectivity index (χ0) is 19.3. The van der Waals surface area contributed by atoms with Crippen LogP contribution in [0.1, 0.15) is 31.4 Å². The van der Waals surface area contributed by atoms with Crippen LogP contribution in [0, 0.1) is 6.92 Å². The molecule has 10 heteroatoms. The van der Waals surface area contributed by atoms with Gasteiger partial charge in [-0.15, -0.1) is 24.8 Å². The highest BCUT2D eigenvalue weighted by Gasteiger charge is 2.40. The normalized spacial score (nSPS) is 22.5. The van der Waals surface area contributed by atoms with Gasteiger partial charge in [-0.2, -0.15) is 0 Å². The molecule has 0 saturated carbocycles. The van der Waals surface area contributed by atoms with Crippen LogP contribution in [0.25, 0.3) is 11.2 Å². The molecule has 0 aromatic carbocycles. The summed E-state index contributed by atoms with van der Waals surface area (Å²) in [5.41, 5.74) is 8.47. The van der Waals surface area contributed by atoms with Crippen LogP contribution in [-0.2, 0) is 0 Å². The Morgan fingerprint density at radius 3 is 2.53 bits per heavy atom. The summed E-state index contributed by atoms with van der Waals surface area (Å²) < 4.78 is 0. The Hall–Kier alpha value is -1.38. The number of nitrogens with two attached hydrogens (primary N) is 1. The molecule has 0 amide bonds. The number of nitrogens with zero attached hydrogens (tertiary/aromatic N) is 5. The Morgan fingerprint density at radius 2 is 1.80 bits per heavy atom. The van der Waals surface area contributed by atoms with Gasteiger partial charge in [0.15, 0.2) is 5.65 Å². The molecule has 0 spiro atoms. The number of piperidine rings is 1. The highest BCUT2D eigenvalue weighted by molar-refractivity contribution is 7.99. The van der Waals surface area contributed by atoms with Crippen molar-refractivity contribution in [2.24, 2.45) is 5.73 Å². The topological polar surface area (TPSA) is 80.8 Å². The SMILES string of the molecule is Cc1nccc(Sc2ccc3nc(N4[C@@H]5CC[C@H]4C[C@@H](N)C5)cnc3n2)c1Cl.Cl.Cl. The molecule has 2 saturated heterocycles. The summed E-state index contributed by atoms with van der Waals surface area (Å²) >= 11 is 7.87. The van der Waals surface area contributed by atoms with Crippen LogP contribution in [0.5, 0.6) is 0 Å². The molecule has 2 aliphatic heterocycles. The van der Waals surface area contributed by atoms with Gasteiger partial charge < -0.3 is 10.6 Å². The monoisotopic (exact) mass is 484 g/mol. The minimum atomic E-state index is 0. The molecule has 2 fully saturated rings. The van der Waals surface area contributed by atoms with Crippen molar-refractivity contribution in [2.75, 3.05) is 4.90 Å². The Bertz CT molecular complexity index is 1040. The van der Waals surface area contributed by atoms with Crippen molar-refractivity contribution in [1.29, 1.82) is 0 Å². The third-order valence-electron chi connectivity index (χ3n) is 5.64. The maximum atomic E-state index is 6.36. The van der Waals surface area contributed by atoms with Gasteiger partial charge in [0.2, 0.25) is 0 Å². The number of aromatic nitrogens is 4. The lowest BCUT2D eigenvalue weighted by Gasteiger charge is -2.38. The van der Waals surface area contributed by atoms with Gasteiger partial charge in [-0.25, -0.2) is 15.0 Å². The first-order chi connectivity index (χ1) is 13.6. The molecule has 0 unspecified atom stereocenters. The Morgan fingerprint density at radius 1 is 1.07 bits per heavy atom. The molecule has 30 heavy (non-hydrogen) atoms. The van der Waals surface area contributed by atoms with Crippen molar-refractivity contribution in [2.45, 2.75) is 60.7 Å². The van der Waals surface area contributed by atoms with Gasteiger partial charge >= 0.3 is 0 Å². The first-order valence-electron chi connectivity index (χ1n) is 9.55. The van der Waals surface area contributed by atoms with Gasteiger partial charge in [0.05, 0.1) is 16.9 Å². The molecule has 6 nitrogen and oxygen atoms in total. The fourth-order valence-corrected chi connectivity index (χ4v) is 5.46. The zero-order valence-corrected chi connectivity index (χ0v) is 19.6. The van der Waals surface area contributed by atoms with Gasteiger partial charge in [0, 0.05) is 29.2 Å². The third kappa shape index (κ3) is 4.32. The van der Waals surface area contributed by atoms with E-state index >= 15 is 0 Å². The molecule has 5 heterocycles. The van der Waals surface area contributed by atoms with E-state index in [1.807, 2.05) is 31.3 Å². The van der Waals surface area contributed by atoms with E-state index in [1.54, 1.807) is 6.20 Å². The highest BCUT2D eigenvalue weighted by atomic mass is 35.5. The number of anilines is 1. The summed E-state index contributed by atoms with van der Waals surface area (Å²) in [6, 6.07) is 7.14. The van der Waals surface area contributed by atoms with E-state index in [0.717, 1.165) is 39.8 Å². The van der Waals surface area contributed by atoms with Crippen molar-refractivity contribution in [3.8, 4) is 0 Å². The van der Waals surface area contributed by atoms with Crippen LogP contribution >= 0.6 is 48.2 Å². The van der Waals surface area contributed by atoms with E-state index in [1.165, 1.54) is 24.6 Å². The van der Waals surface area contributed by atoms with Crippen molar-refractivity contribution in [3.05, 3.63) is 41.3 Å². The number of pyridine rings is 2. The molecular formula is C20H23Cl3N6S. The lowest BCUT2D eigenvalue weighted by Crippen LogP contribution is -2.47. The molecule has 3 atom stereocenters. The third-order valence-corrected chi connectivity index (χ3v) is 7.23. The molecule has 3 aromatic rings. The fourth-order valence-electron chi connectivity index (χ4n) is 4.37. The number of fused-ring (bicyclic) bond motifs is 3. The van der Waals surface area contributed by atoms with Crippen LogP contribution in [0.2, 0.25) is 5.02 Å². The second kappa shape index (κ2) is 9.40. The lowest BCUT2D eigenvalue weighted by molar-refractivity contribution is 0.412. The average Bonchev–Trinajstić information content (AvgIpc) is 2.96. The first kappa shape index (κ1) is 23.3. The van der Waals surface area contributed by atoms with Crippen LogP contribution in [-0.4, -0.2) is 38.1 Å². The summed E-state index contributed by atoms with van der Waals surface area (Å²) in [5.74, 6) is 0.946. The molecule has 5 rings (SSSR count). The van der Waals surface area contributed by atoms with Crippen molar-refractivity contribution >= 4 is 65.2 Å². The molecule has 2 aliphatic rings. The summed E-state index contributed by atoms with van der Waals surface area (Å²) in [6.45, 7) is 1.90. The van der Waals surface area contributed by atoms with E-state index in [2.05, 4.69) is 19.9 Å². The number of hydrogen-bond acceptors (Lipinski definition) is 7. The smallest absolute Gasteiger partial charge is 0.179 e. The predicted molar refractivity (Wildman–Crippen MR) is 126 cm³/mol. The second-order valence-electron chi connectivity index (χ2n) is 7.55. The van der Waals surface area contributed by atoms with E-state index in [0.29, 0.717) is 28.8 Å². The Kier molecular flexibility index (Phi) is 7.30. The van der Waals surface area contributed by atoms with Crippen molar-refractivity contribution < 1.29 is 0 Å². The summed E-state index contributed by atoms with van der Waals surface area (Å²) in [6.07, 6.45) is 8.08. The number of rotatable bonds is 3. The predicted octanol–water partition coefficient (Wildman–Crippen LogP) is 4.83. The van der Waals surface area contributed by atoms with Crippen LogP contribution < -0.4 is 10.6 Å². The average molecular weight is 486 g/mol. The zero-order valence-electron chi connectivity index (χ0n) is 16.4. The Balaban J connectivity index is 0.00000128. The van der Waals surface area contributed by atoms with Crippen molar-refractivity contribution in [1.82, 2.24) is 19.9 Å². The minimum Gasteiger partial charge on any atom is -0.349 e. The van der Waals surface area contributed by atoms with E-state index < -0.39 is 0 Å². The van der Waals surface area contributed by atoms with E-state index in [-0.39, 0.29) is 24.8 Å². The molecule has 160 valence electrons. The van der Waals surface area contributed by atoms with Gasteiger partial charge in [-0.3, -0.25) is 4.98 Å².